The summed E-state index contributed by atoms with van der Waals surface area (Å²) in [6.07, 6.45) is 1.68. The zero-order valence-electron chi connectivity index (χ0n) is 9.80. The molecule has 0 atom stereocenters. The highest BCUT2D eigenvalue weighted by molar-refractivity contribution is 5.47. The fraction of sp³-hybridized carbons (Fsp3) is 0. The second kappa shape index (κ2) is 4.66. The molecule has 0 aliphatic heterocycles. The average Bonchev–Trinajstić information content (AvgIpc) is 2.98. The molecule has 0 saturated heterocycles. The summed E-state index contributed by atoms with van der Waals surface area (Å²) in [5, 5.41) is 20.9. The third kappa shape index (κ3) is 2.17. The summed E-state index contributed by atoms with van der Waals surface area (Å²) < 4.78 is 0. The molecule has 0 saturated carbocycles. The summed E-state index contributed by atoms with van der Waals surface area (Å²) >= 11 is 0. The third-order valence-corrected chi connectivity index (χ3v) is 2.53. The van der Waals surface area contributed by atoms with Crippen molar-refractivity contribution in [3.05, 3.63) is 54.2 Å². The summed E-state index contributed by atoms with van der Waals surface area (Å²) in [6, 6.07) is 14.5. The number of aromatic nitrogens is 5. The van der Waals surface area contributed by atoms with Crippen molar-refractivity contribution in [2.24, 2.45) is 0 Å². The first kappa shape index (κ1) is 11.0. The van der Waals surface area contributed by atoms with Crippen LogP contribution < -0.4 is 0 Å². The smallest absolute Gasteiger partial charge is 0.223 e. The van der Waals surface area contributed by atoms with Gasteiger partial charge in [-0.2, -0.15) is 5.26 Å². The summed E-state index contributed by atoms with van der Waals surface area (Å²) in [5.41, 5.74) is 2.00. The Labute approximate surface area is 109 Å². The van der Waals surface area contributed by atoms with E-state index < -0.39 is 0 Å². The van der Waals surface area contributed by atoms with Crippen LogP contribution in [0.1, 0.15) is 5.56 Å². The molecule has 19 heavy (non-hydrogen) atoms. The van der Waals surface area contributed by atoms with Gasteiger partial charge in [0.05, 0.1) is 17.3 Å². The fourth-order valence-corrected chi connectivity index (χ4v) is 1.59. The number of nitrogens with zero attached hydrogens (tertiary/aromatic N) is 6. The highest BCUT2D eigenvalue weighted by Gasteiger charge is 2.07. The van der Waals surface area contributed by atoms with E-state index in [0.29, 0.717) is 17.1 Å². The molecule has 1 aromatic carbocycles. The van der Waals surface area contributed by atoms with E-state index in [0.717, 1.165) is 5.69 Å². The van der Waals surface area contributed by atoms with E-state index in [9.17, 15) is 0 Å². The Morgan fingerprint density at radius 3 is 2.58 bits per heavy atom. The van der Waals surface area contributed by atoms with Gasteiger partial charge in [0.15, 0.2) is 0 Å². The molecule has 3 aromatic rings. The van der Waals surface area contributed by atoms with Gasteiger partial charge in [-0.25, -0.2) is 0 Å². The minimum atomic E-state index is 0.463. The molecular weight excluding hydrogens is 240 g/mol. The second-order valence-electron chi connectivity index (χ2n) is 3.78. The van der Waals surface area contributed by atoms with Crippen LogP contribution in [0.4, 0.5) is 0 Å². The normalized spacial score (nSPS) is 10.1. The first-order valence-corrected chi connectivity index (χ1v) is 5.59. The van der Waals surface area contributed by atoms with Crippen LogP contribution in [-0.4, -0.2) is 25.2 Å². The lowest BCUT2D eigenvalue weighted by atomic mass is 10.2. The van der Waals surface area contributed by atoms with Crippen molar-refractivity contribution in [2.75, 3.05) is 0 Å². The van der Waals surface area contributed by atoms with Gasteiger partial charge in [-0.1, -0.05) is 6.07 Å². The number of tetrazole rings is 1. The molecule has 2 aromatic heterocycles. The molecule has 3 rings (SSSR count). The predicted octanol–water partition coefficient (Wildman–Crippen LogP) is 1.60. The molecule has 0 fully saturated rings. The van der Waals surface area contributed by atoms with Crippen molar-refractivity contribution in [3.8, 4) is 23.3 Å². The van der Waals surface area contributed by atoms with Crippen LogP contribution in [0.3, 0.4) is 0 Å². The van der Waals surface area contributed by atoms with Crippen molar-refractivity contribution < 1.29 is 0 Å². The maximum absolute atomic E-state index is 8.74. The highest BCUT2D eigenvalue weighted by atomic mass is 15.6. The Morgan fingerprint density at radius 1 is 1.05 bits per heavy atom. The monoisotopic (exact) mass is 248 g/mol. The molecular formula is C13H8N6. The standard InChI is InChI=1S/C13H8N6/c14-9-10-4-6-11(7-5-10)19-17-13(16-18-19)12-3-1-2-8-15-12/h1-8H. The zero-order valence-corrected chi connectivity index (χ0v) is 9.80. The third-order valence-electron chi connectivity index (χ3n) is 2.53. The van der Waals surface area contributed by atoms with E-state index in [1.807, 2.05) is 18.2 Å². The minimum Gasteiger partial charge on any atom is -0.253 e. The second-order valence-corrected chi connectivity index (χ2v) is 3.78. The van der Waals surface area contributed by atoms with E-state index >= 15 is 0 Å². The summed E-state index contributed by atoms with van der Waals surface area (Å²) in [4.78, 5) is 5.57. The van der Waals surface area contributed by atoms with Crippen molar-refractivity contribution >= 4 is 0 Å². The average molecular weight is 248 g/mol. The van der Waals surface area contributed by atoms with Gasteiger partial charge in [-0.05, 0) is 41.6 Å². The summed E-state index contributed by atoms with van der Waals surface area (Å²) in [7, 11) is 0. The SMILES string of the molecule is N#Cc1ccc(-n2nnc(-c3ccccn3)n2)cc1. The molecule has 0 radical (unpaired) electrons. The van der Waals surface area contributed by atoms with E-state index in [4.69, 9.17) is 5.26 Å². The Balaban J connectivity index is 1.95. The lowest BCUT2D eigenvalue weighted by molar-refractivity contribution is 0.720. The number of benzene rings is 1. The van der Waals surface area contributed by atoms with Crippen LogP contribution in [0.2, 0.25) is 0 Å². The first-order chi connectivity index (χ1) is 9.36. The largest absolute Gasteiger partial charge is 0.253 e. The van der Waals surface area contributed by atoms with Gasteiger partial charge in [-0.3, -0.25) is 4.98 Å². The Morgan fingerprint density at radius 2 is 1.89 bits per heavy atom. The van der Waals surface area contributed by atoms with Gasteiger partial charge in [0.25, 0.3) is 0 Å². The van der Waals surface area contributed by atoms with Gasteiger partial charge in [0, 0.05) is 6.20 Å². The molecule has 0 aliphatic carbocycles. The van der Waals surface area contributed by atoms with E-state index in [1.54, 1.807) is 30.5 Å². The maximum Gasteiger partial charge on any atom is 0.223 e. The zero-order chi connectivity index (χ0) is 13.1. The van der Waals surface area contributed by atoms with Crippen molar-refractivity contribution in [1.29, 1.82) is 5.26 Å². The van der Waals surface area contributed by atoms with Crippen LogP contribution in [0.5, 0.6) is 0 Å². The van der Waals surface area contributed by atoms with Gasteiger partial charge in [0.2, 0.25) is 5.82 Å². The predicted molar refractivity (Wildman–Crippen MR) is 67.1 cm³/mol. The van der Waals surface area contributed by atoms with Gasteiger partial charge < -0.3 is 0 Å². The molecule has 0 spiro atoms. The van der Waals surface area contributed by atoms with Gasteiger partial charge in [0.1, 0.15) is 5.69 Å². The molecule has 0 unspecified atom stereocenters. The topological polar surface area (TPSA) is 80.3 Å². The van der Waals surface area contributed by atoms with Crippen LogP contribution in [-0.2, 0) is 0 Å². The first-order valence-electron chi connectivity index (χ1n) is 5.59. The van der Waals surface area contributed by atoms with Crippen LogP contribution in [0, 0.1) is 11.3 Å². The Bertz CT molecular complexity index is 724. The number of rotatable bonds is 2. The van der Waals surface area contributed by atoms with Crippen molar-refractivity contribution in [1.82, 2.24) is 25.2 Å². The van der Waals surface area contributed by atoms with Gasteiger partial charge in [-0.15, -0.1) is 15.0 Å². The van der Waals surface area contributed by atoms with Gasteiger partial charge >= 0.3 is 0 Å². The van der Waals surface area contributed by atoms with E-state index in [-0.39, 0.29) is 0 Å². The molecule has 2 heterocycles. The fourth-order valence-electron chi connectivity index (χ4n) is 1.59. The van der Waals surface area contributed by atoms with Crippen molar-refractivity contribution in [2.45, 2.75) is 0 Å². The van der Waals surface area contributed by atoms with Crippen LogP contribution in [0.15, 0.2) is 48.7 Å². The quantitative estimate of drug-likeness (QED) is 0.688. The Kier molecular flexibility index (Phi) is 2.71. The molecule has 6 nitrogen and oxygen atoms in total. The number of nitriles is 1. The Hall–Kier alpha value is -3.07. The maximum atomic E-state index is 8.74. The van der Waals surface area contributed by atoms with E-state index in [2.05, 4.69) is 26.5 Å². The van der Waals surface area contributed by atoms with Crippen molar-refractivity contribution in [3.63, 3.8) is 0 Å². The molecule has 0 N–H and O–H groups in total. The summed E-state index contributed by atoms with van der Waals surface area (Å²) in [5.74, 6) is 0.463. The number of hydrogen-bond donors (Lipinski definition) is 0. The van der Waals surface area contributed by atoms with Crippen LogP contribution in [0.25, 0.3) is 17.2 Å². The molecule has 0 amide bonds. The lowest BCUT2D eigenvalue weighted by Gasteiger charge is -1.97. The number of hydrogen-bond acceptors (Lipinski definition) is 5. The van der Waals surface area contributed by atoms with E-state index in [1.165, 1.54) is 4.80 Å². The highest BCUT2D eigenvalue weighted by Crippen LogP contribution is 2.11. The van der Waals surface area contributed by atoms with Crippen LogP contribution >= 0.6 is 0 Å². The minimum absolute atomic E-state index is 0.463. The molecule has 90 valence electrons. The number of pyridine rings is 1. The lowest BCUT2D eigenvalue weighted by Crippen LogP contribution is -1.98. The molecule has 0 aliphatic rings. The molecule has 0 bridgehead atoms. The summed E-state index contributed by atoms with van der Waals surface area (Å²) in [6.45, 7) is 0. The molecule has 6 heteroatoms.